The number of ether oxygens (including phenoxy) is 1. The zero-order valence-electron chi connectivity index (χ0n) is 9.36. The minimum atomic E-state index is -1.13. The molecule has 0 aromatic heterocycles. The summed E-state index contributed by atoms with van der Waals surface area (Å²) >= 11 is 8.77. The van der Waals surface area contributed by atoms with Crippen molar-refractivity contribution in [1.29, 1.82) is 0 Å². The molecule has 0 saturated carbocycles. The Hall–Kier alpha value is -1.59. The van der Waals surface area contributed by atoms with E-state index in [0.29, 0.717) is 4.47 Å². The molecule has 0 aliphatic rings. The first-order valence-corrected chi connectivity index (χ1v) is 6.31. The molecule has 2 rings (SSSR count). The number of carbonyl (C=O) groups is 1. The molecule has 3 nitrogen and oxygen atoms in total. The quantitative estimate of drug-likeness (QED) is 0.874. The summed E-state index contributed by atoms with van der Waals surface area (Å²) in [5.41, 5.74) is -0.0112. The molecular weight excluding hydrogens is 338 g/mol. The number of hydrogen-bond acceptors (Lipinski definition) is 2. The normalized spacial score (nSPS) is 10.3. The van der Waals surface area contributed by atoms with Crippen LogP contribution in [0.5, 0.6) is 11.5 Å². The number of benzene rings is 2. The Kier molecular flexibility index (Phi) is 4.07. The Morgan fingerprint density at radius 1 is 1.32 bits per heavy atom. The molecule has 1 N–H and O–H groups in total. The van der Waals surface area contributed by atoms with E-state index >= 15 is 0 Å². The third-order valence-electron chi connectivity index (χ3n) is 2.31. The molecule has 0 unspecified atom stereocenters. The highest BCUT2D eigenvalue weighted by atomic mass is 79.9. The van der Waals surface area contributed by atoms with Crippen molar-refractivity contribution in [1.82, 2.24) is 0 Å². The number of aromatic carboxylic acids is 1. The first-order valence-electron chi connectivity index (χ1n) is 5.13. The van der Waals surface area contributed by atoms with Gasteiger partial charge in [0.15, 0.2) is 0 Å². The van der Waals surface area contributed by atoms with Crippen LogP contribution in [0.1, 0.15) is 10.4 Å². The van der Waals surface area contributed by atoms with Crippen molar-refractivity contribution >= 4 is 33.5 Å². The molecule has 0 atom stereocenters. The fourth-order valence-electron chi connectivity index (χ4n) is 1.46. The van der Waals surface area contributed by atoms with Crippen LogP contribution in [-0.4, -0.2) is 11.1 Å². The third-order valence-corrected chi connectivity index (χ3v) is 3.26. The van der Waals surface area contributed by atoms with Gasteiger partial charge in [-0.2, -0.15) is 0 Å². The zero-order chi connectivity index (χ0) is 14.0. The summed E-state index contributed by atoms with van der Waals surface area (Å²) in [6, 6.07) is 8.53. The summed E-state index contributed by atoms with van der Waals surface area (Å²) in [5.74, 6) is -1.30. The summed E-state index contributed by atoms with van der Waals surface area (Å²) in [6.45, 7) is 0. The molecule has 0 spiro atoms. The van der Waals surface area contributed by atoms with Gasteiger partial charge in [-0.3, -0.25) is 0 Å². The van der Waals surface area contributed by atoms with Crippen molar-refractivity contribution in [3.63, 3.8) is 0 Å². The second kappa shape index (κ2) is 5.59. The summed E-state index contributed by atoms with van der Waals surface area (Å²) in [7, 11) is 0. The Balaban J connectivity index is 2.40. The maximum atomic E-state index is 13.0. The van der Waals surface area contributed by atoms with Gasteiger partial charge < -0.3 is 9.84 Å². The molecular formula is C13H7BrClFO3. The average molecular weight is 346 g/mol. The van der Waals surface area contributed by atoms with E-state index in [1.165, 1.54) is 18.2 Å². The molecule has 0 amide bonds. The minimum absolute atomic E-state index is 0.0112. The highest BCUT2D eigenvalue weighted by molar-refractivity contribution is 9.10. The van der Waals surface area contributed by atoms with E-state index in [0.717, 1.165) is 6.07 Å². The van der Waals surface area contributed by atoms with Gasteiger partial charge in [0, 0.05) is 10.5 Å². The topological polar surface area (TPSA) is 46.5 Å². The van der Waals surface area contributed by atoms with E-state index < -0.39 is 11.8 Å². The second-order valence-electron chi connectivity index (χ2n) is 3.60. The van der Waals surface area contributed by atoms with Gasteiger partial charge in [0.2, 0.25) is 0 Å². The summed E-state index contributed by atoms with van der Waals surface area (Å²) in [6.07, 6.45) is 0. The maximum Gasteiger partial charge on any atom is 0.340 e. The van der Waals surface area contributed by atoms with Gasteiger partial charge in [-0.15, -0.1) is 0 Å². The molecule has 0 bridgehead atoms. The van der Waals surface area contributed by atoms with Crippen LogP contribution >= 0.6 is 27.5 Å². The standard InChI is InChI=1S/C13H7BrClFO3/c14-8-2-1-3-11(12(8)13(17)18)19-7-4-5-10(16)9(15)6-7/h1-6H,(H,17,18). The highest BCUT2D eigenvalue weighted by Crippen LogP contribution is 2.32. The van der Waals surface area contributed by atoms with Crippen molar-refractivity contribution in [2.75, 3.05) is 0 Å². The molecule has 0 aliphatic heterocycles. The second-order valence-corrected chi connectivity index (χ2v) is 4.86. The summed E-state index contributed by atoms with van der Waals surface area (Å²) in [5, 5.41) is 9.03. The molecule has 0 heterocycles. The number of rotatable bonds is 3. The maximum absolute atomic E-state index is 13.0. The van der Waals surface area contributed by atoms with Gasteiger partial charge >= 0.3 is 5.97 Å². The lowest BCUT2D eigenvalue weighted by atomic mass is 10.2. The molecule has 0 fully saturated rings. The van der Waals surface area contributed by atoms with E-state index in [-0.39, 0.29) is 22.1 Å². The van der Waals surface area contributed by atoms with E-state index in [4.69, 9.17) is 21.4 Å². The fourth-order valence-corrected chi connectivity index (χ4v) is 2.15. The molecule has 2 aromatic rings. The van der Waals surface area contributed by atoms with Crippen LogP contribution in [-0.2, 0) is 0 Å². The van der Waals surface area contributed by atoms with Crippen molar-refractivity contribution in [3.05, 3.63) is 57.3 Å². The van der Waals surface area contributed by atoms with Crippen LogP contribution in [0.4, 0.5) is 4.39 Å². The Labute approximate surface area is 121 Å². The zero-order valence-corrected chi connectivity index (χ0v) is 11.7. The first kappa shape index (κ1) is 13.8. The lowest BCUT2D eigenvalue weighted by Gasteiger charge is -2.10. The lowest BCUT2D eigenvalue weighted by molar-refractivity contribution is 0.0693. The van der Waals surface area contributed by atoms with Gasteiger partial charge in [-0.1, -0.05) is 17.7 Å². The Morgan fingerprint density at radius 2 is 2.05 bits per heavy atom. The third kappa shape index (κ3) is 3.05. The minimum Gasteiger partial charge on any atom is -0.478 e. The first-order chi connectivity index (χ1) is 8.99. The van der Waals surface area contributed by atoms with Gasteiger partial charge in [0.05, 0.1) is 5.02 Å². The van der Waals surface area contributed by atoms with Crippen molar-refractivity contribution in [2.45, 2.75) is 0 Å². The highest BCUT2D eigenvalue weighted by Gasteiger charge is 2.16. The predicted octanol–water partition coefficient (Wildman–Crippen LogP) is 4.73. The van der Waals surface area contributed by atoms with Crippen molar-refractivity contribution in [3.8, 4) is 11.5 Å². The number of carboxylic acids is 1. The van der Waals surface area contributed by atoms with Crippen LogP contribution in [0.2, 0.25) is 5.02 Å². The molecule has 98 valence electrons. The van der Waals surface area contributed by atoms with Crippen LogP contribution in [0.15, 0.2) is 40.9 Å². The number of hydrogen-bond donors (Lipinski definition) is 1. The predicted molar refractivity (Wildman–Crippen MR) is 72.6 cm³/mol. The van der Waals surface area contributed by atoms with Crippen LogP contribution < -0.4 is 4.74 Å². The molecule has 0 aliphatic carbocycles. The van der Waals surface area contributed by atoms with Gasteiger partial charge in [0.25, 0.3) is 0 Å². The molecule has 0 radical (unpaired) electrons. The van der Waals surface area contributed by atoms with E-state index in [2.05, 4.69) is 15.9 Å². The number of halogens is 3. The van der Waals surface area contributed by atoms with Gasteiger partial charge in [-0.25, -0.2) is 9.18 Å². The summed E-state index contributed by atoms with van der Waals surface area (Å²) < 4.78 is 18.8. The van der Waals surface area contributed by atoms with E-state index in [1.54, 1.807) is 12.1 Å². The Bertz CT molecular complexity index is 646. The SMILES string of the molecule is O=C(O)c1c(Br)cccc1Oc1ccc(F)c(Cl)c1. The fraction of sp³-hybridized carbons (Fsp3) is 0. The van der Waals surface area contributed by atoms with Gasteiger partial charge in [-0.05, 0) is 40.2 Å². The van der Waals surface area contributed by atoms with E-state index in [9.17, 15) is 9.18 Å². The average Bonchev–Trinajstić information content (AvgIpc) is 2.33. The van der Waals surface area contributed by atoms with E-state index in [1.807, 2.05) is 0 Å². The number of carboxylic acid groups (broad SMARTS) is 1. The molecule has 6 heteroatoms. The van der Waals surface area contributed by atoms with Gasteiger partial charge in [0.1, 0.15) is 22.9 Å². The van der Waals surface area contributed by atoms with Crippen LogP contribution in [0.25, 0.3) is 0 Å². The van der Waals surface area contributed by atoms with Crippen LogP contribution in [0, 0.1) is 5.82 Å². The molecule has 0 saturated heterocycles. The monoisotopic (exact) mass is 344 g/mol. The van der Waals surface area contributed by atoms with Crippen LogP contribution in [0.3, 0.4) is 0 Å². The van der Waals surface area contributed by atoms with Crippen molar-refractivity contribution < 1.29 is 19.0 Å². The smallest absolute Gasteiger partial charge is 0.340 e. The Morgan fingerprint density at radius 3 is 2.68 bits per heavy atom. The van der Waals surface area contributed by atoms with Crippen molar-refractivity contribution in [2.24, 2.45) is 0 Å². The molecule has 19 heavy (non-hydrogen) atoms. The summed E-state index contributed by atoms with van der Waals surface area (Å²) in [4.78, 5) is 11.2. The lowest BCUT2D eigenvalue weighted by Crippen LogP contribution is -2.01. The largest absolute Gasteiger partial charge is 0.478 e. The molecule has 2 aromatic carbocycles.